The zero-order valence-electron chi connectivity index (χ0n) is 17.7. The molecule has 0 amide bonds. The highest BCUT2D eigenvalue weighted by Crippen LogP contribution is 2.60. The maximum Gasteiger partial charge on any atom is 0.139 e. The Kier molecular flexibility index (Phi) is 6.74. The molecule has 0 aliphatic heterocycles. The summed E-state index contributed by atoms with van der Waals surface area (Å²) in [5.41, 5.74) is 5.08. The molecule has 5 atom stereocenters. The van der Waals surface area contributed by atoms with E-state index >= 15 is 0 Å². The average molecular weight is 345 g/mol. The lowest BCUT2D eigenvalue weighted by atomic mass is 9.54. The molecule has 5 unspecified atom stereocenters. The second-order valence-electron chi connectivity index (χ2n) is 8.29. The van der Waals surface area contributed by atoms with Gasteiger partial charge in [0.15, 0.2) is 0 Å². The molecule has 4 rings (SSSR count). The van der Waals surface area contributed by atoms with Crippen LogP contribution in [0.1, 0.15) is 93.4 Å². The summed E-state index contributed by atoms with van der Waals surface area (Å²) >= 11 is 0. The van der Waals surface area contributed by atoms with Crippen molar-refractivity contribution >= 4 is 5.78 Å². The second-order valence-corrected chi connectivity index (χ2v) is 8.29. The molecule has 0 spiro atoms. The lowest BCUT2D eigenvalue weighted by Crippen LogP contribution is -2.44. The molecule has 4 aliphatic carbocycles. The highest BCUT2D eigenvalue weighted by Gasteiger charge is 2.55. The quantitative estimate of drug-likeness (QED) is 0.457. The lowest BCUT2D eigenvalue weighted by molar-refractivity contribution is -0.129. The monoisotopic (exact) mass is 344 g/mol. The third kappa shape index (κ3) is 3.28. The highest BCUT2D eigenvalue weighted by molar-refractivity contribution is 5.87. The van der Waals surface area contributed by atoms with Crippen LogP contribution in [0.5, 0.6) is 0 Å². The van der Waals surface area contributed by atoms with Crippen LogP contribution in [-0.2, 0) is 4.79 Å². The van der Waals surface area contributed by atoms with E-state index in [0.29, 0.717) is 11.7 Å². The van der Waals surface area contributed by atoms with Gasteiger partial charge in [0.05, 0.1) is 0 Å². The van der Waals surface area contributed by atoms with Crippen molar-refractivity contribution in [2.24, 2.45) is 29.1 Å². The van der Waals surface area contributed by atoms with Crippen LogP contribution in [0.15, 0.2) is 22.8 Å². The molecular formula is C24H40O. The molecule has 0 N–H and O–H groups in total. The Bertz CT molecular complexity index is 552. The summed E-state index contributed by atoms with van der Waals surface area (Å²) in [5, 5.41) is 0. The zero-order valence-corrected chi connectivity index (χ0v) is 17.7. The first-order chi connectivity index (χ1) is 12.0. The Morgan fingerprint density at radius 1 is 1.04 bits per heavy atom. The van der Waals surface area contributed by atoms with Crippen molar-refractivity contribution in [1.82, 2.24) is 0 Å². The van der Waals surface area contributed by atoms with E-state index in [0.717, 1.165) is 37.0 Å². The normalized spacial score (nSPS) is 39.0. The molecule has 3 saturated carbocycles. The summed E-state index contributed by atoms with van der Waals surface area (Å²) in [6, 6.07) is 0. The van der Waals surface area contributed by atoms with Gasteiger partial charge in [0, 0.05) is 11.8 Å². The standard InChI is InChI=1S/C20H28O.2C2H6/c1-12-4-5-15-14(13(12)2)6-7-17-16(15)10-11-20(3)18(17)8-9-19(20)21;2*1-2/h5,12,16-18H,4,6-11H2,1-3H3;2*1-2H3. The number of carbonyl (C=O) groups is 1. The fraction of sp³-hybridized carbons (Fsp3) is 0.792. The molecule has 142 valence electrons. The molecule has 4 aliphatic rings. The third-order valence-electron chi connectivity index (χ3n) is 7.53. The summed E-state index contributed by atoms with van der Waals surface area (Å²) in [6.45, 7) is 15.0. The fourth-order valence-corrected chi connectivity index (χ4v) is 6.00. The molecule has 0 aromatic heterocycles. The van der Waals surface area contributed by atoms with Crippen molar-refractivity contribution in [3.05, 3.63) is 22.8 Å². The molecule has 1 heteroatoms. The third-order valence-corrected chi connectivity index (χ3v) is 7.53. The number of hydrogen-bond donors (Lipinski definition) is 0. The van der Waals surface area contributed by atoms with Gasteiger partial charge >= 0.3 is 0 Å². The predicted molar refractivity (Wildman–Crippen MR) is 109 cm³/mol. The Morgan fingerprint density at radius 3 is 2.40 bits per heavy atom. The van der Waals surface area contributed by atoms with Gasteiger partial charge in [-0.3, -0.25) is 4.79 Å². The van der Waals surface area contributed by atoms with Gasteiger partial charge in [0.1, 0.15) is 5.78 Å². The predicted octanol–water partition coefficient (Wildman–Crippen LogP) is 7.13. The number of rotatable bonds is 0. The van der Waals surface area contributed by atoms with Crippen LogP contribution in [0.4, 0.5) is 0 Å². The molecule has 0 radical (unpaired) electrons. The SMILES string of the molecule is CC.CC.CC1=C2CCC3C(CCC4(C)C(=O)CCC34)C2=CCC1C. The summed E-state index contributed by atoms with van der Waals surface area (Å²) in [6.07, 6.45) is 10.8. The molecule has 0 heterocycles. The minimum Gasteiger partial charge on any atom is -0.299 e. The Morgan fingerprint density at radius 2 is 1.72 bits per heavy atom. The van der Waals surface area contributed by atoms with Crippen LogP contribution in [-0.4, -0.2) is 5.78 Å². The van der Waals surface area contributed by atoms with E-state index in [9.17, 15) is 4.79 Å². The first kappa shape index (κ1) is 20.5. The van der Waals surface area contributed by atoms with Gasteiger partial charge in [-0.15, -0.1) is 0 Å². The maximum atomic E-state index is 12.4. The van der Waals surface area contributed by atoms with Crippen molar-refractivity contribution in [1.29, 1.82) is 0 Å². The van der Waals surface area contributed by atoms with E-state index in [1.807, 2.05) is 27.7 Å². The maximum absolute atomic E-state index is 12.4. The molecule has 25 heavy (non-hydrogen) atoms. The smallest absolute Gasteiger partial charge is 0.139 e. The van der Waals surface area contributed by atoms with Gasteiger partial charge in [-0.1, -0.05) is 53.2 Å². The van der Waals surface area contributed by atoms with Crippen LogP contribution < -0.4 is 0 Å². The van der Waals surface area contributed by atoms with Gasteiger partial charge in [-0.05, 0) is 80.3 Å². The first-order valence-electron chi connectivity index (χ1n) is 11.0. The molecular weight excluding hydrogens is 304 g/mol. The van der Waals surface area contributed by atoms with Gasteiger partial charge in [-0.25, -0.2) is 0 Å². The average Bonchev–Trinajstić information content (AvgIpc) is 2.96. The number of ketones is 1. The molecule has 0 saturated heterocycles. The Balaban J connectivity index is 0.000000528. The largest absolute Gasteiger partial charge is 0.299 e. The summed E-state index contributed by atoms with van der Waals surface area (Å²) in [5.74, 6) is 3.52. The number of hydrogen-bond acceptors (Lipinski definition) is 1. The molecule has 0 aromatic rings. The first-order valence-corrected chi connectivity index (χ1v) is 11.0. The molecule has 3 fully saturated rings. The van der Waals surface area contributed by atoms with Crippen molar-refractivity contribution in [3.63, 3.8) is 0 Å². The summed E-state index contributed by atoms with van der Waals surface area (Å²) in [7, 11) is 0. The number of Topliss-reactive ketones (excluding diaryl/α,β-unsaturated/α-hetero) is 1. The van der Waals surface area contributed by atoms with Crippen molar-refractivity contribution < 1.29 is 4.79 Å². The van der Waals surface area contributed by atoms with Gasteiger partial charge in [0.2, 0.25) is 0 Å². The van der Waals surface area contributed by atoms with Crippen LogP contribution in [0, 0.1) is 29.1 Å². The van der Waals surface area contributed by atoms with Crippen molar-refractivity contribution in [2.75, 3.05) is 0 Å². The van der Waals surface area contributed by atoms with E-state index in [4.69, 9.17) is 0 Å². The van der Waals surface area contributed by atoms with Crippen LogP contribution in [0.2, 0.25) is 0 Å². The van der Waals surface area contributed by atoms with E-state index in [1.54, 1.807) is 16.7 Å². The van der Waals surface area contributed by atoms with Crippen LogP contribution in [0.25, 0.3) is 0 Å². The number of fused-ring (bicyclic) bond motifs is 5. The lowest BCUT2D eigenvalue weighted by Gasteiger charge is -2.50. The summed E-state index contributed by atoms with van der Waals surface area (Å²) < 4.78 is 0. The molecule has 0 aromatic carbocycles. The fourth-order valence-electron chi connectivity index (χ4n) is 6.00. The van der Waals surface area contributed by atoms with Crippen LogP contribution in [0.3, 0.4) is 0 Å². The minimum atomic E-state index is 0.0277. The van der Waals surface area contributed by atoms with E-state index in [1.165, 1.54) is 25.7 Å². The van der Waals surface area contributed by atoms with Crippen molar-refractivity contribution in [3.8, 4) is 0 Å². The Hall–Kier alpha value is -0.850. The number of allylic oxidation sites excluding steroid dienone is 4. The minimum absolute atomic E-state index is 0.0277. The Labute approximate surface area is 156 Å². The van der Waals surface area contributed by atoms with E-state index in [2.05, 4.69) is 26.8 Å². The number of carbonyl (C=O) groups excluding carboxylic acids is 1. The van der Waals surface area contributed by atoms with E-state index in [-0.39, 0.29) is 5.41 Å². The van der Waals surface area contributed by atoms with Crippen LogP contribution >= 0.6 is 0 Å². The highest BCUT2D eigenvalue weighted by atomic mass is 16.1. The second kappa shape index (κ2) is 8.23. The topological polar surface area (TPSA) is 17.1 Å². The van der Waals surface area contributed by atoms with E-state index < -0.39 is 0 Å². The van der Waals surface area contributed by atoms with Crippen molar-refractivity contribution in [2.45, 2.75) is 93.4 Å². The molecule has 1 nitrogen and oxygen atoms in total. The zero-order chi connectivity index (χ0) is 18.8. The van der Waals surface area contributed by atoms with Gasteiger partial charge in [-0.2, -0.15) is 0 Å². The van der Waals surface area contributed by atoms with Gasteiger partial charge in [0.25, 0.3) is 0 Å². The molecule has 0 bridgehead atoms. The van der Waals surface area contributed by atoms with Gasteiger partial charge < -0.3 is 0 Å². The summed E-state index contributed by atoms with van der Waals surface area (Å²) in [4.78, 5) is 12.4.